The van der Waals surface area contributed by atoms with Crippen LogP contribution in [0.15, 0.2) is 60.8 Å². The van der Waals surface area contributed by atoms with Crippen LogP contribution < -0.4 is 5.73 Å². The fraction of sp³-hybridized carbons (Fsp3) is 0.692. The number of aliphatic hydroxyl groups excluding tert-OH is 1. The summed E-state index contributed by atoms with van der Waals surface area (Å²) in [5.41, 5.74) is 5.32. The molecule has 50 heavy (non-hydrogen) atoms. The molecule has 0 saturated heterocycles. The van der Waals surface area contributed by atoms with E-state index in [2.05, 4.69) is 56.4 Å². The normalized spacial score (nSPS) is 14.7. The lowest BCUT2D eigenvalue weighted by molar-refractivity contribution is -0.161. The first-order valence-electron chi connectivity index (χ1n) is 18.8. The van der Waals surface area contributed by atoms with Crippen molar-refractivity contribution in [2.24, 2.45) is 5.73 Å². The standard InChI is InChI=1S/C39H68NO9P/c1-3-5-6-7-8-9-13-17-20-23-26-30-38(42)46-34-37(35-48-50(44,45)47-33-32-40)49-39(43)31-27-24-21-18-15-12-10-11-14-16-19-22-25-29-36(41)28-4-2/h7-8,10,12,14,16,18,21-22,25,36-37,41H,3-6,9,11,13,15,17,19-20,23-24,26-35,40H2,1-2H3,(H,44,45)/b8-7-,12-10-,16-14-,21-18-,25-22-/t36?,37-/m1/s1. The van der Waals surface area contributed by atoms with Crippen LogP contribution in [0.3, 0.4) is 0 Å². The smallest absolute Gasteiger partial charge is 0.462 e. The van der Waals surface area contributed by atoms with Crippen LogP contribution in [0.4, 0.5) is 0 Å². The highest BCUT2D eigenvalue weighted by Crippen LogP contribution is 2.43. The van der Waals surface area contributed by atoms with Crippen molar-refractivity contribution in [1.82, 2.24) is 0 Å². The maximum absolute atomic E-state index is 12.5. The highest BCUT2D eigenvalue weighted by Gasteiger charge is 2.25. The van der Waals surface area contributed by atoms with E-state index in [1.165, 1.54) is 12.8 Å². The molecule has 0 aromatic carbocycles. The first kappa shape index (κ1) is 47.7. The summed E-state index contributed by atoms with van der Waals surface area (Å²) >= 11 is 0. The van der Waals surface area contributed by atoms with Crippen molar-refractivity contribution < 1.29 is 42.7 Å². The molecule has 0 spiro atoms. The largest absolute Gasteiger partial charge is 0.472 e. The highest BCUT2D eigenvalue weighted by atomic mass is 31.2. The first-order valence-corrected chi connectivity index (χ1v) is 20.3. The summed E-state index contributed by atoms with van der Waals surface area (Å²) < 4.78 is 32.5. The van der Waals surface area contributed by atoms with Crippen molar-refractivity contribution in [2.75, 3.05) is 26.4 Å². The number of allylic oxidation sites excluding steroid dienone is 9. The predicted octanol–water partition coefficient (Wildman–Crippen LogP) is 9.13. The number of hydrogen-bond acceptors (Lipinski definition) is 9. The Kier molecular flexibility index (Phi) is 33.5. The molecule has 0 aliphatic carbocycles. The second kappa shape index (κ2) is 35.1. The van der Waals surface area contributed by atoms with Gasteiger partial charge in [0.15, 0.2) is 6.10 Å². The molecule has 0 amide bonds. The van der Waals surface area contributed by atoms with Crippen LogP contribution in [0.5, 0.6) is 0 Å². The Labute approximate surface area is 302 Å². The van der Waals surface area contributed by atoms with Crippen LogP contribution in [0.1, 0.15) is 136 Å². The van der Waals surface area contributed by atoms with Gasteiger partial charge < -0.3 is 25.2 Å². The molecular formula is C39H68NO9P. The van der Waals surface area contributed by atoms with E-state index in [0.717, 1.165) is 70.6 Å². The highest BCUT2D eigenvalue weighted by molar-refractivity contribution is 7.47. The second-order valence-corrected chi connectivity index (χ2v) is 13.7. The van der Waals surface area contributed by atoms with Gasteiger partial charge in [-0.05, 0) is 70.6 Å². The third-order valence-electron chi connectivity index (χ3n) is 7.43. The van der Waals surface area contributed by atoms with Gasteiger partial charge in [0.2, 0.25) is 0 Å². The summed E-state index contributed by atoms with van der Waals surface area (Å²) in [4.78, 5) is 34.6. The van der Waals surface area contributed by atoms with Crippen LogP contribution in [0.2, 0.25) is 0 Å². The molecular weight excluding hydrogens is 657 g/mol. The molecule has 2 unspecified atom stereocenters. The monoisotopic (exact) mass is 725 g/mol. The van der Waals surface area contributed by atoms with Crippen molar-refractivity contribution in [1.29, 1.82) is 0 Å². The average Bonchev–Trinajstić information content (AvgIpc) is 3.09. The number of carbonyl (C=O) groups is 2. The van der Waals surface area contributed by atoms with Gasteiger partial charge in [-0.3, -0.25) is 18.6 Å². The molecule has 0 aliphatic rings. The van der Waals surface area contributed by atoms with Crippen molar-refractivity contribution in [3.63, 3.8) is 0 Å². The quantitative estimate of drug-likeness (QED) is 0.0253. The number of unbranched alkanes of at least 4 members (excludes halogenated alkanes) is 8. The summed E-state index contributed by atoms with van der Waals surface area (Å²) in [6, 6.07) is 0. The van der Waals surface area contributed by atoms with E-state index in [1.54, 1.807) is 0 Å². The fourth-order valence-electron chi connectivity index (χ4n) is 4.62. The van der Waals surface area contributed by atoms with Gasteiger partial charge in [-0.1, -0.05) is 113 Å². The molecule has 0 aliphatic heterocycles. The summed E-state index contributed by atoms with van der Waals surface area (Å²) in [7, 11) is -4.40. The molecule has 3 atom stereocenters. The number of ether oxygens (including phenoxy) is 2. The number of aliphatic hydroxyl groups is 1. The molecule has 0 bridgehead atoms. The van der Waals surface area contributed by atoms with E-state index >= 15 is 0 Å². The van der Waals surface area contributed by atoms with Gasteiger partial charge in [0.1, 0.15) is 6.61 Å². The van der Waals surface area contributed by atoms with E-state index in [1.807, 2.05) is 18.2 Å². The van der Waals surface area contributed by atoms with Crippen LogP contribution in [0.25, 0.3) is 0 Å². The number of hydrogen-bond donors (Lipinski definition) is 3. The molecule has 0 saturated carbocycles. The zero-order valence-corrected chi connectivity index (χ0v) is 31.9. The van der Waals surface area contributed by atoms with E-state index in [9.17, 15) is 24.2 Å². The minimum Gasteiger partial charge on any atom is -0.462 e. The number of phosphoric ester groups is 1. The topological polar surface area (TPSA) is 155 Å². The number of rotatable bonds is 34. The van der Waals surface area contributed by atoms with Crippen LogP contribution in [-0.4, -0.2) is 60.5 Å². The average molecular weight is 726 g/mol. The Bertz CT molecular complexity index is 1030. The van der Waals surface area contributed by atoms with Gasteiger partial charge in [-0.2, -0.15) is 0 Å². The summed E-state index contributed by atoms with van der Waals surface area (Å²) in [5.74, 6) is -0.934. The third kappa shape index (κ3) is 34.1. The molecule has 0 heterocycles. The summed E-state index contributed by atoms with van der Waals surface area (Å²) in [6.07, 6.45) is 36.1. The minimum absolute atomic E-state index is 0.0348. The van der Waals surface area contributed by atoms with Gasteiger partial charge in [0, 0.05) is 19.4 Å². The second-order valence-electron chi connectivity index (χ2n) is 12.3. The fourth-order valence-corrected chi connectivity index (χ4v) is 5.39. The zero-order chi connectivity index (χ0) is 37.0. The van der Waals surface area contributed by atoms with Crippen molar-refractivity contribution in [3.05, 3.63) is 60.8 Å². The third-order valence-corrected chi connectivity index (χ3v) is 8.42. The van der Waals surface area contributed by atoms with E-state index in [-0.39, 0.29) is 38.7 Å². The van der Waals surface area contributed by atoms with Gasteiger partial charge >= 0.3 is 19.8 Å². The first-order chi connectivity index (χ1) is 24.2. The lowest BCUT2D eigenvalue weighted by Gasteiger charge is -2.19. The van der Waals surface area contributed by atoms with Crippen molar-refractivity contribution >= 4 is 19.8 Å². The Morgan fingerprint density at radius 3 is 1.90 bits per heavy atom. The molecule has 0 fully saturated rings. The van der Waals surface area contributed by atoms with Gasteiger partial charge in [-0.15, -0.1) is 0 Å². The number of nitrogens with two attached hydrogens (primary N) is 1. The molecule has 0 aromatic heterocycles. The Morgan fingerprint density at radius 2 is 1.24 bits per heavy atom. The van der Waals surface area contributed by atoms with Gasteiger partial charge in [0.25, 0.3) is 0 Å². The SMILES string of the molecule is CCCC/C=C\CCCCCCCC(=O)OC[C@H](COP(=O)(O)OCCN)OC(=O)CCC/C=C\C/C=C\C/C=C\C/C=C\CC(O)CCC. The molecule has 0 rings (SSSR count). The van der Waals surface area contributed by atoms with E-state index in [0.29, 0.717) is 25.7 Å². The summed E-state index contributed by atoms with van der Waals surface area (Å²) in [6.45, 7) is 3.37. The molecule has 10 nitrogen and oxygen atoms in total. The van der Waals surface area contributed by atoms with Crippen LogP contribution in [0, 0.1) is 0 Å². The van der Waals surface area contributed by atoms with E-state index in [4.69, 9.17) is 24.3 Å². The molecule has 0 aromatic rings. The lowest BCUT2D eigenvalue weighted by atomic mass is 10.1. The number of phosphoric acid groups is 1. The molecule has 288 valence electrons. The Hall–Kier alpha value is -2.33. The lowest BCUT2D eigenvalue weighted by Crippen LogP contribution is -2.29. The zero-order valence-electron chi connectivity index (χ0n) is 31.0. The van der Waals surface area contributed by atoms with Crippen LogP contribution in [-0.2, 0) is 32.7 Å². The predicted molar refractivity (Wildman–Crippen MR) is 202 cm³/mol. The van der Waals surface area contributed by atoms with Crippen LogP contribution >= 0.6 is 7.82 Å². The molecule has 4 N–H and O–H groups in total. The molecule has 0 radical (unpaired) electrons. The minimum atomic E-state index is -4.40. The Balaban J connectivity index is 4.38. The van der Waals surface area contributed by atoms with Crippen molar-refractivity contribution in [2.45, 2.75) is 148 Å². The molecule has 11 heteroatoms. The van der Waals surface area contributed by atoms with Gasteiger partial charge in [-0.25, -0.2) is 4.57 Å². The summed E-state index contributed by atoms with van der Waals surface area (Å²) in [5, 5.41) is 9.71. The van der Waals surface area contributed by atoms with Crippen molar-refractivity contribution in [3.8, 4) is 0 Å². The maximum atomic E-state index is 12.5. The maximum Gasteiger partial charge on any atom is 0.472 e. The Morgan fingerprint density at radius 1 is 0.680 bits per heavy atom. The van der Waals surface area contributed by atoms with Gasteiger partial charge in [0.05, 0.1) is 19.3 Å². The number of esters is 2. The van der Waals surface area contributed by atoms with E-state index < -0.39 is 32.5 Å². The number of carbonyl (C=O) groups excluding carboxylic acids is 2.